The number of ether oxygens (including phenoxy) is 1. The van der Waals surface area contributed by atoms with Crippen LogP contribution in [0.15, 0.2) is 18.2 Å². The van der Waals surface area contributed by atoms with Crippen molar-refractivity contribution in [1.82, 2.24) is 4.90 Å². The molecule has 2 rings (SSSR count). The number of methoxy groups -OCH3 is 1. The molecule has 114 valence electrons. The molecular formula is C15H17ClFNO3. The highest BCUT2D eigenvalue weighted by Crippen LogP contribution is 2.34. The Labute approximate surface area is 127 Å². The number of carbonyl (C=O) groups excluding carboxylic acids is 2. The Kier molecular flexibility index (Phi) is 4.83. The highest BCUT2D eigenvalue weighted by Gasteiger charge is 2.34. The maximum absolute atomic E-state index is 13.3. The summed E-state index contributed by atoms with van der Waals surface area (Å²) in [5.41, 5.74) is 0.727. The fraction of sp³-hybridized carbons (Fsp3) is 0.467. The number of hydrogen-bond donors (Lipinski definition) is 0. The molecule has 21 heavy (non-hydrogen) atoms. The number of halogens is 2. The van der Waals surface area contributed by atoms with E-state index in [2.05, 4.69) is 4.74 Å². The summed E-state index contributed by atoms with van der Waals surface area (Å²) < 4.78 is 17.8. The van der Waals surface area contributed by atoms with Gasteiger partial charge in [0.2, 0.25) is 0 Å². The summed E-state index contributed by atoms with van der Waals surface area (Å²) in [5.74, 6) is -1.77. The van der Waals surface area contributed by atoms with Crippen LogP contribution in [0.25, 0.3) is 0 Å². The van der Waals surface area contributed by atoms with E-state index in [0.29, 0.717) is 18.9 Å². The fourth-order valence-electron chi connectivity index (χ4n) is 2.65. The van der Waals surface area contributed by atoms with Crippen LogP contribution in [0.5, 0.6) is 0 Å². The van der Waals surface area contributed by atoms with Crippen molar-refractivity contribution in [2.45, 2.75) is 25.8 Å². The van der Waals surface area contributed by atoms with Crippen LogP contribution in [-0.2, 0) is 14.3 Å². The van der Waals surface area contributed by atoms with E-state index < -0.39 is 17.7 Å². The Bertz CT molecular complexity index is 564. The van der Waals surface area contributed by atoms with Crippen molar-refractivity contribution in [3.8, 4) is 0 Å². The largest absolute Gasteiger partial charge is 0.462 e. The molecule has 1 heterocycles. The van der Waals surface area contributed by atoms with Gasteiger partial charge in [-0.1, -0.05) is 24.6 Å². The van der Waals surface area contributed by atoms with E-state index >= 15 is 0 Å². The number of esters is 1. The molecule has 0 bridgehead atoms. The number of carbonyl (C=O) groups is 2. The van der Waals surface area contributed by atoms with E-state index in [1.807, 2.05) is 6.92 Å². The normalized spacial score (nSPS) is 22.0. The highest BCUT2D eigenvalue weighted by atomic mass is 35.5. The Morgan fingerprint density at radius 3 is 2.71 bits per heavy atom. The molecule has 2 atom stereocenters. The van der Waals surface area contributed by atoms with Crippen molar-refractivity contribution >= 4 is 23.5 Å². The molecule has 0 N–H and O–H groups in total. The van der Waals surface area contributed by atoms with Gasteiger partial charge in [-0.2, -0.15) is 0 Å². The molecule has 1 aliphatic rings. The van der Waals surface area contributed by atoms with Crippen LogP contribution in [-0.4, -0.2) is 30.4 Å². The Balaban J connectivity index is 2.31. The minimum atomic E-state index is -0.887. The third-order valence-electron chi connectivity index (χ3n) is 3.77. The summed E-state index contributed by atoms with van der Waals surface area (Å²) >= 11 is 5.81. The lowest BCUT2D eigenvalue weighted by Crippen LogP contribution is -2.45. The Morgan fingerprint density at radius 2 is 2.10 bits per heavy atom. The molecule has 2 unspecified atom stereocenters. The van der Waals surface area contributed by atoms with Gasteiger partial charge in [0.05, 0.1) is 18.2 Å². The summed E-state index contributed by atoms with van der Waals surface area (Å²) in [7, 11) is 1.18. The number of piperidine rings is 1. The van der Waals surface area contributed by atoms with Crippen molar-refractivity contribution in [2.24, 2.45) is 5.92 Å². The van der Waals surface area contributed by atoms with Crippen molar-refractivity contribution in [2.75, 3.05) is 13.7 Å². The topological polar surface area (TPSA) is 46.6 Å². The number of amides is 1. The first-order valence-corrected chi connectivity index (χ1v) is 7.15. The summed E-state index contributed by atoms with van der Waals surface area (Å²) in [4.78, 5) is 25.2. The lowest BCUT2D eigenvalue weighted by molar-refractivity contribution is -0.160. The third-order valence-corrected chi connectivity index (χ3v) is 4.06. The standard InChI is InChI=1S/C15H17ClFNO3/c1-9-3-6-13(10-4-5-12(17)11(16)7-10)18(8-9)14(19)15(20)21-2/h4-5,7,9,13H,3,6,8H2,1-2H3. The van der Waals surface area contributed by atoms with Gasteiger partial charge in [0.1, 0.15) is 5.82 Å². The Hall–Kier alpha value is -1.62. The molecular weight excluding hydrogens is 297 g/mol. The quantitative estimate of drug-likeness (QED) is 0.591. The first-order valence-electron chi connectivity index (χ1n) is 6.78. The van der Waals surface area contributed by atoms with Crippen LogP contribution in [0.1, 0.15) is 31.4 Å². The molecule has 4 nitrogen and oxygen atoms in total. The summed E-state index contributed by atoms with van der Waals surface area (Å²) in [6, 6.07) is 4.09. The van der Waals surface area contributed by atoms with Crippen molar-refractivity contribution in [1.29, 1.82) is 0 Å². The molecule has 0 aromatic heterocycles. The minimum Gasteiger partial charge on any atom is -0.462 e. The zero-order valence-corrected chi connectivity index (χ0v) is 12.7. The van der Waals surface area contributed by atoms with Crippen LogP contribution < -0.4 is 0 Å². The van der Waals surface area contributed by atoms with E-state index in [0.717, 1.165) is 12.0 Å². The van der Waals surface area contributed by atoms with Gasteiger partial charge in [-0.3, -0.25) is 4.79 Å². The molecule has 1 aliphatic heterocycles. The molecule has 0 radical (unpaired) electrons. The monoisotopic (exact) mass is 313 g/mol. The van der Waals surface area contributed by atoms with Crippen LogP contribution in [0.2, 0.25) is 5.02 Å². The smallest absolute Gasteiger partial charge is 0.396 e. The van der Waals surface area contributed by atoms with Gasteiger partial charge in [0, 0.05) is 6.54 Å². The summed E-state index contributed by atoms with van der Waals surface area (Å²) in [5, 5.41) is 0.0107. The van der Waals surface area contributed by atoms with Crippen LogP contribution >= 0.6 is 11.6 Å². The van der Waals surface area contributed by atoms with Gasteiger partial charge < -0.3 is 9.64 Å². The second-order valence-corrected chi connectivity index (χ2v) is 5.73. The van der Waals surface area contributed by atoms with E-state index in [1.165, 1.54) is 24.1 Å². The average Bonchev–Trinajstić information content (AvgIpc) is 2.48. The lowest BCUT2D eigenvalue weighted by atomic mass is 9.90. The number of likely N-dealkylation sites (tertiary alicyclic amines) is 1. The molecule has 1 amide bonds. The first-order chi connectivity index (χ1) is 9.93. The maximum atomic E-state index is 13.3. The lowest BCUT2D eigenvalue weighted by Gasteiger charge is -2.38. The van der Waals surface area contributed by atoms with Gasteiger partial charge in [-0.15, -0.1) is 0 Å². The fourth-order valence-corrected chi connectivity index (χ4v) is 2.84. The maximum Gasteiger partial charge on any atom is 0.396 e. The van der Waals surface area contributed by atoms with Crippen molar-refractivity contribution in [3.05, 3.63) is 34.6 Å². The van der Waals surface area contributed by atoms with E-state index in [4.69, 9.17) is 11.6 Å². The van der Waals surface area contributed by atoms with Gasteiger partial charge in [0.15, 0.2) is 0 Å². The van der Waals surface area contributed by atoms with Gasteiger partial charge in [-0.05, 0) is 36.5 Å². The van der Waals surface area contributed by atoms with Gasteiger partial charge >= 0.3 is 11.9 Å². The second kappa shape index (κ2) is 6.43. The highest BCUT2D eigenvalue weighted by molar-refractivity contribution is 6.32. The number of nitrogens with zero attached hydrogens (tertiary/aromatic N) is 1. The number of rotatable bonds is 1. The summed E-state index contributed by atoms with van der Waals surface area (Å²) in [6.07, 6.45) is 1.62. The average molecular weight is 314 g/mol. The first kappa shape index (κ1) is 15.8. The van der Waals surface area contributed by atoms with Gasteiger partial charge in [0.25, 0.3) is 0 Å². The number of hydrogen-bond acceptors (Lipinski definition) is 3. The third kappa shape index (κ3) is 3.35. The molecule has 1 fully saturated rings. The van der Waals surface area contributed by atoms with Crippen molar-refractivity contribution in [3.63, 3.8) is 0 Å². The molecule has 0 aliphatic carbocycles. The Morgan fingerprint density at radius 1 is 1.38 bits per heavy atom. The zero-order valence-electron chi connectivity index (χ0n) is 11.9. The minimum absolute atomic E-state index is 0.0107. The van der Waals surface area contributed by atoms with Crippen molar-refractivity contribution < 1.29 is 18.7 Å². The van der Waals surface area contributed by atoms with Crippen LogP contribution in [0.4, 0.5) is 4.39 Å². The molecule has 1 aromatic carbocycles. The van der Waals surface area contributed by atoms with E-state index in [1.54, 1.807) is 6.07 Å². The van der Waals surface area contributed by atoms with E-state index in [-0.39, 0.29) is 11.1 Å². The summed E-state index contributed by atoms with van der Waals surface area (Å²) in [6.45, 7) is 2.49. The molecule has 1 saturated heterocycles. The second-order valence-electron chi connectivity index (χ2n) is 5.32. The van der Waals surface area contributed by atoms with Crippen LogP contribution in [0.3, 0.4) is 0 Å². The molecule has 0 saturated carbocycles. The van der Waals surface area contributed by atoms with Gasteiger partial charge in [-0.25, -0.2) is 9.18 Å². The molecule has 0 spiro atoms. The predicted molar refractivity (Wildman–Crippen MR) is 76.3 cm³/mol. The predicted octanol–water partition coefficient (Wildman–Crippen LogP) is 2.95. The molecule has 6 heteroatoms. The molecule has 1 aromatic rings. The number of benzene rings is 1. The SMILES string of the molecule is COC(=O)C(=O)N1CC(C)CCC1c1ccc(F)c(Cl)c1. The zero-order chi connectivity index (χ0) is 15.6. The van der Waals surface area contributed by atoms with E-state index in [9.17, 15) is 14.0 Å². The van der Waals surface area contributed by atoms with Crippen LogP contribution in [0, 0.1) is 11.7 Å².